The predicted octanol–water partition coefficient (Wildman–Crippen LogP) is 3.53. The number of methoxy groups -OCH3 is 2. The van der Waals surface area contributed by atoms with E-state index in [2.05, 4.69) is 11.2 Å². The lowest BCUT2D eigenvalue weighted by Crippen LogP contribution is -2.37. The Hall–Kier alpha value is -4.27. The molecule has 1 amide bonds. The fraction of sp³-hybridized carbons (Fsp3) is 0.296. The van der Waals surface area contributed by atoms with Crippen LogP contribution in [0.1, 0.15) is 32.7 Å². The molecule has 0 aliphatic carbocycles. The molecule has 0 bridgehead atoms. The Morgan fingerprint density at radius 2 is 1.67 bits per heavy atom. The number of aromatic nitrogens is 3. The third kappa shape index (κ3) is 4.28. The average molecular weight is 488 g/mol. The molecule has 0 spiro atoms. The normalized spacial score (nSPS) is 13.1. The van der Waals surface area contributed by atoms with Gasteiger partial charge in [-0.2, -0.15) is 0 Å². The summed E-state index contributed by atoms with van der Waals surface area (Å²) in [5.41, 5.74) is 6.55. The van der Waals surface area contributed by atoms with Crippen LogP contribution in [0.2, 0.25) is 0 Å². The van der Waals surface area contributed by atoms with E-state index in [1.807, 2.05) is 60.1 Å². The Labute approximate surface area is 209 Å². The monoisotopic (exact) mass is 487 g/mol. The number of carbonyl (C=O) groups excluding carboxylic acids is 1. The van der Waals surface area contributed by atoms with Crippen molar-refractivity contribution in [2.24, 2.45) is 7.05 Å². The largest absolute Gasteiger partial charge is 0.497 e. The number of hydrogen-bond acceptors (Lipinski definition) is 6. The summed E-state index contributed by atoms with van der Waals surface area (Å²) in [5, 5.41) is 12.4. The molecular formula is C27H29N5O4. The third-order valence-electron chi connectivity index (χ3n) is 6.71. The van der Waals surface area contributed by atoms with Crippen molar-refractivity contribution in [3.05, 3.63) is 82.6 Å². The molecule has 0 atom stereocenters. The van der Waals surface area contributed by atoms with Gasteiger partial charge in [0.2, 0.25) is 5.62 Å². The number of hydrogen-bond donors (Lipinski definition) is 1. The summed E-state index contributed by atoms with van der Waals surface area (Å²) in [6.07, 6.45) is 6.07. The van der Waals surface area contributed by atoms with Crippen molar-refractivity contribution < 1.29 is 18.8 Å². The molecule has 1 aliphatic rings. The fourth-order valence-corrected chi connectivity index (χ4v) is 4.77. The van der Waals surface area contributed by atoms with E-state index in [1.165, 1.54) is 0 Å². The molecule has 4 aromatic rings. The average Bonchev–Trinajstić information content (AvgIpc) is 3.45. The van der Waals surface area contributed by atoms with Crippen LogP contribution in [0.5, 0.6) is 11.5 Å². The van der Waals surface area contributed by atoms with Gasteiger partial charge in [-0.05, 0) is 59.9 Å². The van der Waals surface area contributed by atoms with Crippen LogP contribution in [0.4, 0.5) is 0 Å². The van der Waals surface area contributed by atoms with Crippen molar-refractivity contribution in [1.82, 2.24) is 19.2 Å². The molecule has 1 aliphatic heterocycles. The molecule has 2 aromatic heterocycles. The van der Waals surface area contributed by atoms with E-state index >= 15 is 0 Å². The first kappa shape index (κ1) is 23.5. The highest BCUT2D eigenvalue weighted by molar-refractivity contribution is 5.99. The summed E-state index contributed by atoms with van der Waals surface area (Å²) in [5.74, 6) is 1.35. The molecule has 0 saturated carbocycles. The van der Waals surface area contributed by atoms with E-state index in [0.29, 0.717) is 48.7 Å². The smallest absolute Gasteiger partial charge is 0.254 e. The quantitative estimate of drug-likeness (QED) is 0.430. The minimum atomic E-state index is -0.0283. The van der Waals surface area contributed by atoms with Crippen LogP contribution in [0, 0.1) is 12.3 Å². The highest BCUT2D eigenvalue weighted by atomic mass is 16.5. The zero-order valence-electron chi connectivity index (χ0n) is 20.9. The number of benzene rings is 2. The van der Waals surface area contributed by atoms with Gasteiger partial charge in [0.1, 0.15) is 17.8 Å². The third-order valence-corrected chi connectivity index (χ3v) is 6.71. The Morgan fingerprint density at radius 3 is 2.28 bits per heavy atom. The lowest BCUT2D eigenvalue weighted by Gasteiger charge is -2.30. The van der Waals surface area contributed by atoms with Gasteiger partial charge in [0, 0.05) is 49.7 Å². The number of amides is 1. The SMILES string of the molecule is COc1cc(CN2CCc3c(cc(Cn4ccn(C)c4=N)cc3-c3conc3C)C2=O)cc(OC)c1. The maximum Gasteiger partial charge on any atom is 0.254 e. The molecule has 1 N–H and O–H groups in total. The first-order chi connectivity index (χ1) is 17.4. The van der Waals surface area contributed by atoms with Crippen LogP contribution in [0.3, 0.4) is 0 Å². The number of carbonyl (C=O) groups is 1. The van der Waals surface area contributed by atoms with Crippen molar-refractivity contribution in [1.29, 1.82) is 5.41 Å². The maximum absolute atomic E-state index is 13.8. The van der Waals surface area contributed by atoms with Gasteiger partial charge in [0.25, 0.3) is 5.91 Å². The molecule has 3 heterocycles. The van der Waals surface area contributed by atoms with Gasteiger partial charge in [-0.25, -0.2) is 0 Å². The number of aryl methyl sites for hydroxylation is 2. The van der Waals surface area contributed by atoms with Gasteiger partial charge in [0.15, 0.2) is 0 Å². The van der Waals surface area contributed by atoms with Crippen LogP contribution in [-0.4, -0.2) is 45.9 Å². The Bertz CT molecular complexity index is 1470. The molecule has 186 valence electrons. The van der Waals surface area contributed by atoms with Crippen LogP contribution < -0.4 is 15.1 Å². The summed E-state index contributed by atoms with van der Waals surface area (Å²) in [6, 6.07) is 9.72. The highest BCUT2D eigenvalue weighted by Crippen LogP contribution is 2.34. The summed E-state index contributed by atoms with van der Waals surface area (Å²) in [4.78, 5) is 15.6. The molecule has 0 radical (unpaired) electrons. The van der Waals surface area contributed by atoms with Crippen molar-refractivity contribution in [3.63, 3.8) is 0 Å². The van der Waals surface area contributed by atoms with Crippen LogP contribution in [0.25, 0.3) is 11.1 Å². The molecular weight excluding hydrogens is 458 g/mol. The number of imidazole rings is 1. The minimum Gasteiger partial charge on any atom is -0.497 e. The van der Waals surface area contributed by atoms with E-state index in [9.17, 15) is 4.79 Å². The van der Waals surface area contributed by atoms with Crippen molar-refractivity contribution in [3.8, 4) is 22.6 Å². The minimum absolute atomic E-state index is 0.0283. The van der Waals surface area contributed by atoms with Crippen LogP contribution in [0.15, 0.2) is 53.5 Å². The second kappa shape index (κ2) is 9.41. The zero-order valence-corrected chi connectivity index (χ0v) is 20.9. The fourth-order valence-electron chi connectivity index (χ4n) is 4.77. The van der Waals surface area contributed by atoms with E-state index in [1.54, 1.807) is 25.0 Å². The second-order valence-electron chi connectivity index (χ2n) is 9.04. The molecule has 0 fully saturated rings. The molecule has 2 aromatic carbocycles. The molecule has 0 saturated heterocycles. The Kier molecular flexibility index (Phi) is 6.13. The van der Waals surface area contributed by atoms with Gasteiger partial charge in [0.05, 0.1) is 26.5 Å². The first-order valence-corrected chi connectivity index (χ1v) is 11.7. The van der Waals surface area contributed by atoms with E-state index in [4.69, 9.17) is 19.4 Å². The summed E-state index contributed by atoms with van der Waals surface area (Å²) < 4.78 is 19.6. The highest BCUT2D eigenvalue weighted by Gasteiger charge is 2.28. The van der Waals surface area contributed by atoms with Crippen LogP contribution in [-0.2, 0) is 26.6 Å². The van der Waals surface area contributed by atoms with E-state index < -0.39 is 0 Å². The lowest BCUT2D eigenvalue weighted by molar-refractivity contribution is 0.0726. The number of ether oxygens (including phenoxy) is 2. The Morgan fingerprint density at radius 1 is 0.972 bits per heavy atom. The van der Waals surface area contributed by atoms with Gasteiger partial charge in [-0.1, -0.05) is 5.16 Å². The van der Waals surface area contributed by atoms with E-state index in [0.717, 1.165) is 33.5 Å². The molecule has 5 rings (SSSR count). The number of nitrogens with one attached hydrogen (secondary N) is 1. The summed E-state index contributed by atoms with van der Waals surface area (Å²) >= 11 is 0. The second-order valence-corrected chi connectivity index (χ2v) is 9.04. The van der Waals surface area contributed by atoms with Crippen LogP contribution >= 0.6 is 0 Å². The molecule has 9 nitrogen and oxygen atoms in total. The predicted molar refractivity (Wildman–Crippen MR) is 133 cm³/mol. The number of fused-ring (bicyclic) bond motifs is 1. The molecule has 0 unspecified atom stereocenters. The summed E-state index contributed by atoms with van der Waals surface area (Å²) in [6.45, 7) is 3.41. The van der Waals surface area contributed by atoms with E-state index in [-0.39, 0.29) is 5.91 Å². The van der Waals surface area contributed by atoms with Crippen molar-refractivity contribution in [2.75, 3.05) is 20.8 Å². The first-order valence-electron chi connectivity index (χ1n) is 11.7. The zero-order chi connectivity index (χ0) is 25.4. The van der Waals surface area contributed by atoms with Gasteiger partial charge >= 0.3 is 0 Å². The topological polar surface area (TPSA) is 98.5 Å². The molecule has 9 heteroatoms. The van der Waals surface area contributed by atoms with Crippen molar-refractivity contribution in [2.45, 2.75) is 26.4 Å². The van der Waals surface area contributed by atoms with Crippen molar-refractivity contribution >= 4 is 5.91 Å². The molecule has 36 heavy (non-hydrogen) atoms. The standard InChI is InChI=1S/C27H29N5O4/c1-17-25(16-36-29-17)23-11-19(15-32-8-7-30(2)27(32)28)12-24-22(23)5-6-31(26(24)33)14-18-9-20(34-3)13-21(10-18)35-4/h7-13,16,28H,5-6,14-15H2,1-4H3. The summed E-state index contributed by atoms with van der Waals surface area (Å²) in [7, 11) is 5.07. The number of nitrogens with zero attached hydrogens (tertiary/aromatic N) is 4. The van der Waals surface area contributed by atoms with Gasteiger partial charge in [-0.15, -0.1) is 0 Å². The Balaban J connectivity index is 1.54. The van der Waals surface area contributed by atoms with Gasteiger partial charge in [-0.3, -0.25) is 10.2 Å². The maximum atomic E-state index is 13.8. The van der Waals surface area contributed by atoms with Gasteiger partial charge < -0.3 is 28.0 Å². The lowest BCUT2D eigenvalue weighted by atomic mass is 9.88. The number of rotatable bonds is 7.